The van der Waals surface area contributed by atoms with Crippen LogP contribution in [0.5, 0.6) is 5.75 Å². The van der Waals surface area contributed by atoms with Crippen LogP contribution in [0.3, 0.4) is 0 Å². The molecule has 68 valence electrons. The van der Waals surface area contributed by atoms with Crippen LogP contribution in [-0.2, 0) is 4.57 Å². The summed E-state index contributed by atoms with van der Waals surface area (Å²) in [5, 5.41) is 0. The van der Waals surface area contributed by atoms with E-state index >= 15 is 0 Å². The monoisotopic (exact) mass is 194 g/mol. The zero-order valence-corrected chi connectivity index (χ0v) is 8.11. The highest BCUT2D eigenvalue weighted by Crippen LogP contribution is 2.49. The molecule has 1 heterocycles. The Balaban J connectivity index is 2.11. The molecule has 0 spiro atoms. The first-order chi connectivity index (χ1) is 6.29. The van der Waals surface area contributed by atoms with E-state index in [1.807, 2.05) is 42.5 Å². The lowest BCUT2D eigenvalue weighted by molar-refractivity contribution is 0.489. The zero-order chi connectivity index (χ0) is 9.15. The van der Waals surface area contributed by atoms with Crippen molar-refractivity contribution >= 4 is 7.37 Å². The second kappa shape index (κ2) is 3.39. The van der Waals surface area contributed by atoms with Crippen molar-refractivity contribution in [2.24, 2.45) is 0 Å². The van der Waals surface area contributed by atoms with Gasteiger partial charge < -0.3 is 4.52 Å². The number of hydrogen-bond donors (Lipinski definition) is 0. The minimum Gasteiger partial charge on any atom is -0.442 e. The fraction of sp³-hybridized carbons (Fsp3) is 0.200. The van der Waals surface area contributed by atoms with Gasteiger partial charge in [-0.25, -0.2) is 0 Å². The maximum Gasteiger partial charge on any atom is 0.255 e. The van der Waals surface area contributed by atoms with Crippen LogP contribution in [0.2, 0.25) is 0 Å². The maximum absolute atomic E-state index is 11.9. The van der Waals surface area contributed by atoms with E-state index in [0.29, 0.717) is 18.1 Å². The lowest BCUT2D eigenvalue weighted by atomic mass is 10.3. The number of hydrogen-bond acceptors (Lipinski definition) is 2. The largest absolute Gasteiger partial charge is 0.442 e. The standard InChI is InChI=1S/C10H11O2P/c11-13(8-4-5-9-13)12-10-6-2-1-3-7-10/h1-7H,8-9H2. The molecule has 1 aromatic rings. The lowest BCUT2D eigenvalue weighted by Crippen LogP contribution is -1.94. The topological polar surface area (TPSA) is 26.3 Å². The summed E-state index contributed by atoms with van der Waals surface area (Å²) in [5.74, 6) is 0.703. The van der Waals surface area contributed by atoms with E-state index in [4.69, 9.17) is 4.52 Å². The number of allylic oxidation sites excluding steroid dienone is 2. The summed E-state index contributed by atoms with van der Waals surface area (Å²) >= 11 is 0. The van der Waals surface area contributed by atoms with Crippen LogP contribution in [0.25, 0.3) is 0 Å². The van der Waals surface area contributed by atoms with Crippen molar-refractivity contribution in [3.63, 3.8) is 0 Å². The molecule has 0 bridgehead atoms. The summed E-state index contributed by atoms with van der Waals surface area (Å²) in [6.07, 6.45) is 4.98. The Labute approximate surface area is 77.7 Å². The Bertz CT molecular complexity index is 344. The summed E-state index contributed by atoms with van der Waals surface area (Å²) in [5.41, 5.74) is 0. The summed E-state index contributed by atoms with van der Waals surface area (Å²) in [7, 11) is -2.40. The molecule has 0 aromatic heterocycles. The van der Waals surface area contributed by atoms with Crippen molar-refractivity contribution in [3.8, 4) is 5.75 Å². The van der Waals surface area contributed by atoms with E-state index in [9.17, 15) is 4.57 Å². The average molecular weight is 194 g/mol. The average Bonchev–Trinajstić information content (AvgIpc) is 2.54. The van der Waals surface area contributed by atoms with Gasteiger partial charge in [0.2, 0.25) is 0 Å². The summed E-state index contributed by atoms with van der Waals surface area (Å²) in [4.78, 5) is 0. The van der Waals surface area contributed by atoms with E-state index in [-0.39, 0.29) is 0 Å². The molecule has 0 N–H and O–H groups in total. The molecule has 3 heteroatoms. The van der Waals surface area contributed by atoms with Crippen molar-refractivity contribution in [1.82, 2.24) is 0 Å². The molecule has 0 radical (unpaired) electrons. The third kappa shape index (κ3) is 2.02. The Morgan fingerprint density at radius 1 is 1.08 bits per heavy atom. The molecule has 0 saturated carbocycles. The molecule has 0 amide bonds. The maximum atomic E-state index is 11.9. The smallest absolute Gasteiger partial charge is 0.255 e. The first kappa shape index (κ1) is 8.58. The summed E-state index contributed by atoms with van der Waals surface area (Å²) in [6, 6.07) is 9.33. The SMILES string of the molecule is O=P1(Oc2ccccc2)CC=CC1. The molecule has 13 heavy (non-hydrogen) atoms. The van der Waals surface area contributed by atoms with Crippen LogP contribution in [0.4, 0.5) is 0 Å². The van der Waals surface area contributed by atoms with Crippen LogP contribution in [0, 0.1) is 0 Å². The van der Waals surface area contributed by atoms with Gasteiger partial charge in [-0.3, -0.25) is 4.57 Å². The zero-order valence-electron chi connectivity index (χ0n) is 7.22. The van der Waals surface area contributed by atoms with Crippen molar-refractivity contribution in [3.05, 3.63) is 42.5 Å². The van der Waals surface area contributed by atoms with Gasteiger partial charge in [-0.2, -0.15) is 0 Å². The molecule has 0 atom stereocenters. The van der Waals surface area contributed by atoms with E-state index in [0.717, 1.165) is 0 Å². The Kier molecular flexibility index (Phi) is 2.24. The molecule has 1 aromatic carbocycles. The van der Waals surface area contributed by atoms with Crippen molar-refractivity contribution in [1.29, 1.82) is 0 Å². The first-order valence-corrected chi connectivity index (χ1v) is 6.26. The number of para-hydroxylation sites is 1. The quantitative estimate of drug-likeness (QED) is 0.534. The Hall–Kier alpha value is -1.01. The van der Waals surface area contributed by atoms with E-state index in [1.165, 1.54) is 0 Å². The van der Waals surface area contributed by atoms with Crippen molar-refractivity contribution in [2.45, 2.75) is 0 Å². The predicted molar refractivity (Wildman–Crippen MR) is 53.6 cm³/mol. The fourth-order valence-corrected chi connectivity index (χ4v) is 3.04. The van der Waals surface area contributed by atoms with Gasteiger partial charge in [-0.15, -0.1) is 0 Å². The minimum atomic E-state index is -2.40. The van der Waals surface area contributed by atoms with Gasteiger partial charge in [0.15, 0.2) is 0 Å². The van der Waals surface area contributed by atoms with Crippen LogP contribution >= 0.6 is 7.37 Å². The van der Waals surface area contributed by atoms with E-state index in [2.05, 4.69) is 0 Å². The molecular weight excluding hydrogens is 183 g/mol. The molecule has 2 nitrogen and oxygen atoms in total. The molecule has 2 rings (SSSR count). The second-order valence-electron chi connectivity index (χ2n) is 3.06. The van der Waals surface area contributed by atoms with E-state index in [1.54, 1.807) is 0 Å². The Morgan fingerprint density at radius 3 is 2.31 bits per heavy atom. The highest BCUT2D eigenvalue weighted by Gasteiger charge is 2.24. The lowest BCUT2D eigenvalue weighted by Gasteiger charge is -2.13. The van der Waals surface area contributed by atoms with Gasteiger partial charge in [-0.05, 0) is 12.1 Å². The molecule has 0 saturated heterocycles. The highest BCUT2D eigenvalue weighted by molar-refractivity contribution is 7.60. The summed E-state index contributed by atoms with van der Waals surface area (Å²) in [6.45, 7) is 0. The van der Waals surface area contributed by atoms with Gasteiger partial charge >= 0.3 is 0 Å². The normalized spacial score (nSPS) is 18.8. The Morgan fingerprint density at radius 2 is 1.69 bits per heavy atom. The molecule has 0 aliphatic carbocycles. The van der Waals surface area contributed by atoms with Crippen molar-refractivity contribution < 1.29 is 9.09 Å². The van der Waals surface area contributed by atoms with Gasteiger partial charge in [0, 0.05) is 0 Å². The van der Waals surface area contributed by atoms with Crippen LogP contribution in [0.1, 0.15) is 0 Å². The molecule has 1 aliphatic rings. The molecule has 1 aliphatic heterocycles. The number of benzene rings is 1. The minimum absolute atomic E-state index is 0.571. The van der Waals surface area contributed by atoms with Gasteiger partial charge in [0.25, 0.3) is 7.37 Å². The van der Waals surface area contributed by atoms with Crippen LogP contribution < -0.4 is 4.52 Å². The summed E-state index contributed by atoms with van der Waals surface area (Å²) < 4.78 is 17.4. The third-order valence-electron chi connectivity index (χ3n) is 1.95. The predicted octanol–water partition coefficient (Wildman–Crippen LogP) is 2.91. The molecule has 0 unspecified atom stereocenters. The second-order valence-corrected chi connectivity index (χ2v) is 5.60. The van der Waals surface area contributed by atoms with Crippen molar-refractivity contribution in [2.75, 3.05) is 12.3 Å². The van der Waals surface area contributed by atoms with Gasteiger partial charge in [-0.1, -0.05) is 30.4 Å². The molecular formula is C10H11O2P. The number of rotatable bonds is 2. The third-order valence-corrected chi connectivity index (χ3v) is 4.03. The van der Waals surface area contributed by atoms with Crippen LogP contribution in [-0.4, -0.2) is 12.3 Å². The van der Waals surface area contributed by atoms with E-state index < -0.39 is 7.37 Å². The van der Waals surface area contributed by atoms with Gasteiger partial charge in [0.1, 0.15) is 5.75 Å². The fourth-order valence-electron chi connectivity index (χ4n) is 1.29. The highest BCUT2D eigenvalue weighted by atomic mass is 31.2. The van der Waals surface area contributed by atoms with Gasteiger partial charge in [0.05, 0.1) is 12.3 Å². The van der Waals surface area contributed by atoms with Crippen LogP contribution in [0.15, 0.2) is 42.5 Å². The first-order valence-electron chi connectivity index (χ1n) is 4.26. The molecule has 0 fully saturated rings.